The molecule has 1 aromatic rings. The number of hydrogen-bond donors (Lipinski definition) is 0. The topological polar surface area (TPSA) is 79.4 Å². The van der Waals surface area contributed by atoms with Crippen LogP contribution < -0.4 is 4.90 Å². The molecular formula is C12H15N3O3. The fraction of sp³-hybridized carbons (Fsp3) is 0.417. The summed E-state index contributed by atoms with van der Waals surface area (Å²) in [6.45, 7) is 3.86. The SMILES string of the molecule is CCN(CCOC)c1ccc(C#N)c([N+](=O)[O-])c1. The third-order valence-electron chi connectivity index (χ3n) is 2.61. The number of nitriles is 1. The molecule has 0 N–H and O–H groups in total. The molecule has 96 valence electrons. The average molecular weight is 249 g/mol. The van der Waals surface area contributed by atoms with Gasteiger partial charge in [0, 0.05) is 32.0 Å². The summed E-state index contributed by atoms with van der Waals surface area (Å²) in [7, 11) is 1.61. The summed E-state index contributed by atoms with van der Waals surface area (Å²) in [5.41, 5.74) is 0.637. The molecule has 0 aromatic heterocycles. The number of nitro benzene ring substituents is 1. The van der Waals surface area contributed by atoms with Crippen LogP contribution in [-0.4, -0.2) is 31.7 Å². The van der Waals surface area contributed by atoms with E-state index in [1.165, 1.54) is 12.1 Å². The van der Waals surface area contributed by atoms with Gasteiger partial charge in [0.1, 0.15) is 11.6 Å². The Morgan fingerprint density at radius 1 is 1.56 bits per heavy atom. The second kappa shape index (κ2) is 6.57. The third kappa shape index (κ3) is 3.18. The van der Waals surface area contributed by atoms with Crippen LogP contribution in [0.1, 0.15) is 12.5 Å². The average Bonchev–Trinajstić information content (AvgIpc) is 2.39. The molecule has 0 aliphatic heterocycles. The van der Waals surface area contributed by atoms with Crippen LogP contribution in [-0.2, 0) is 4.74 Å². The van der Waals surface area contributed by atoms with Crippen molar-refractivity contribution in [1.29, 1.82) is 5.26 Å². The number of anilines is 1. The first-order chi connectivity index (χ1) is 8.63. The van der Waals surface area contributed by atoms with Crippen molar-refractivity contribution in [3.63, 3.8) is 0 Å². The number of hydrogen-bond acceptors (Lipinski definition) is 5. The minimum Gasteiger partial charge on any atom is -0.383 e. The monoisotopic (exact) mass is 249 g/mol. The van der Waals surface area contributed by atoms with E-state index in [1.54, 1.807) is 13.2 Å². The first-order valence-corrected chi connectivity index (χ1v) is 5.56. The summed E-state index contributed by atoms with van der Waals surface area (Å²) < 4.78 is 4.99. The van der Waals surface area contributed by atoms with Crippen molar-refractivity contribution in [2.45, 2.75) is 6.92 Å². The number of nitro groups is 1. The predicted molar refractivity (Wildman–Crippen MR) is 67.6 cm³/mol. The summed E-state index contributed by atoms with van der Waals surface area (Å²) in [4.78, 5) is 12.3. The summed E-state index contributed by atoms with van der Waals surface area (Å²) in [6, 6.07) is 6.44. The van der Waals surface area contributed by atoms with Crippen LogP contribution in [0.5, 0.6) is 0 Å². The molecule has 0 aliphatic rings. The van der Waals surface area contributed by atoms with E-state index in [4.69, 9.17) is 10.00 Å². The van der Waals surface area contributed by atoms with Gasteiger partial charge in [0.05, 0.1) is 11.5 Å². The zero-order chi connectivity index (χ0) is 13.5. The summed E-state index contributed by atoms with van der Waals surface area (Å²) >= 11 is 0. The first kappa shape index (κ1) is 13.9. The second-order valence-electron chi connectivity index (χ2n) is 3.64. The number of likely N-dealkylation sites (N-methyl/N-ethyl adjacent to an activating group) is 1. The van der Waals surface area contributed by atoms with Gasteiger partial charge >= 0.3 is 0 Å². The second-order valence-corrected chi connectivity index (χ2v) is 3.64. The number of methoxy groups -OCH3 is 1. The molecule has 0 aliphatic carbocycles. The van der Waals surface area contributed by atoms with Crippen LogP contribution in [0.15, 0.2) is 18.2 Å². The molecule has 1 rings (SSSR count). The van der Waals surface area contributed by atoms with Crippen molar-refractivity contribution in [2.75, 3.05) is 31.7 Å². The highest BCUT2D eigenvalue weighted by Crippen LogP contribution is 2.25. The molecule has 0 radical (unpaired) electrons. The molecule has 0 unspecified atom stereocenters. The number of benzene rings is 1. The Morgan fingerprint density at radius 3 is 2.78 bits per heavy atom. The van der Waals surface area contributed by atoms with Crippen LogP contribution in [0.3, 0.4) is 0 Å². The molecule has 0 heterocycles. The maximum absolute atomic E-state index is 10.9. The number of ether oxygens (including phenoxy) is 1. The summed E-state index contributed by atoms with van der Waals surface area (Å²) in [6.07, 6.45) is 0. The van der Waals surface area contributed by atoms with Gasteiger partial charge in [-0.05, 0) is 19.1 Å². The minimum atomic E-state index is -0.536. The van der Waals surface area contributed by atoms with Crippen molar-refractivity contribution in [1.82, 2.24) is 0 Å². The van der Waals surface area contributed by atoms with Gasteiger partial charge < -0.3 is 9.64 Å². The van der Waals surface area contributed by atoms with E-state index in [2.05, 4.69) is 0 Å². The molecule has 6 nitrogen and oxygen atoms in total. The molecule has 0 saturated heterocycles. The highest BCUT2D eigenvalue weighted by Gasteiger charge is 2.16. The van der Waals surface area contributed by atoms with Crippen LogP contribution in [0.25, 0.3) is 0 Å². The maximum Gasteiger partial charge on any atom is 0.289 e. The lowest BCUT2D eigenvalue weighted by Crippen LogP contribution is -2.26. The van der Waals surface area contributed by atoms with Crippen molar-refractivity contribution >= 4 is 11.4 Å². The molecular weight excluding hydrogens is 234 g/mol. The first-order valence-electron chi connectivity index (χ1n) is 5.56. The van der Waals surface area contributed by atoms with E-state index in [9.17, 15) is 10.1 Å². The normalized spacial score (nSPS) is 9.83. The van der Waals surface area contributed by atoms with Crippen molar-refractivity contribution in [3.05, 3.63) is 33.9 Å². The van der Waals surface area contributed by atoms with Crippen molar-refractivity contribution in [3.8, 4) is 6.07 Å². The van der Waals surface area contributed by atoms with Gasteiger partial charge in [-0.2, -0.15) is 5.26 Å². The van der Waals surface area contributed by atoms with Gasteiger partial charge in [-0.15, -0.1) is 0 Å². The van der Waals surface area contributed by atoms with Gasteiger partial charge in [-0.3, -0.25) is 10.1 Å². The molecule has 0 atom stereocenters. The number of nitrogens with zero attached hydrogens (tertiary/aromatic N) is 3. The third-order valence-corrected chi connectivity index (χ3v) is 2.61. The highest BCUT2D eigenvalue weighted by molar-refractivity contribution is 5.60. The van der Waals surface area contributed by atoms with E-state index < -0.39 is 4.92 Å². The van der Waals surface area contributed by atoms with Gasteiger partial charge in [-0.1, -0.05) is 0 Å². The Morgan fingerprint density at radius 2 is 2.28 bits per heavy atom. The van der Waals surface area contributed by atoms with Gasteiger partial charge in [0.2, 0.25) is 0 Å². The molecule has 0 fully saturated rings. The van der Waals surface area contributed by atoms with E-state index in [-0.39, 0.29) is 11.3 Å². The molecule has 18 heavy (non-hydrogen) atoms. The van der Waals surface area contributed by atoms with Crippen LogP contribution >= 0.6 is 0 Å². The molecule has 6 heteroatoms. The van der Waals surface area contributed by atoms with Gasteiger partial charge in [0.15, 0.2) is 0 Å². The smallest absolute Gasteiger partial charge is 0.289 e. The van der Waals surface area contributed by atoms with Crippen LogP contribution in [0.4, 0.5) is 11.4 Å². The Kier molecular flexibility index (Phi) is 5.08. The van der Waals surface area contributed by atoms with Gasteiger partial charge in [0.25, 0.3) is 5.69 Å². The van der Waals surface area contributed by atoms with Crippen molar-refractivity contribution in [2.24, 2.45) is 0 Å². The fourth-order valence-corrected chi connectivity index (χ4v) is 1.63. The van der Waals surface area contributed by atoms with Crippen LogP contribution in [0.2, 0.25) is 0 Å². The van der Waals surface area contributed by atoms with Crippen LogP contribution in [0, 0.1) is 21.4 Å². The summed E-state index contributed by atoms with van der Waals surface area (Å²) in [5, 5.41) is 19.7. The molecule has 0 amide bonds. The lowest BCUT2D eigenvalue weighted by atomic mass is 10.1. The van der Waals surface area contributed by atoms with E-state index in [0.717, 1.165) is 5.69 Å². The highest BCUT2D eigenvalue weighted by atomic mass is 16.6. The Balaban J connectivity index is 3.06. The quantitative estimate of drug-likeness (QED) is 0.568. The van der Waals surface area contributed by atoms with Gasteiger partial charge in [-0.25, -0.2) is 0 Å². The Labute approximate surface area is 106 Å². The molecule has 0 saturated carbocycles. The zero-order valence-corrected chi connectivity index (χ0v) is 10.4. The lowest BCUT2D eigenvalue weighted by Gasteiger charge is -2.22. The van der Waals surface area contributed by atoms with Crippen molar-refractivity contribution < 1.29 is 9.66 Å². The molecule has 0 bridgehead atoms. The largest absolute Gasteiger partial charge is 0.383 e. The predicted octanol–water partition coefficient (Wildman–Crippen LogP) is 1.94. The fourth-order valence-electron chi connectivity index (χ4n) is 1.63. The molecule has 1 aromatic carbocycles. The Hall–Kier alpha value is -2.13. The Bertz CT molecular complexity index is 468. The summed E-state index contributed by atoms with van der Waals surface area (Å²) in [5.74, 6) is 0. The maximum atomic E-state index is 10.9. The van der Waals surface area contributed by atoms with E-state index in [1.807, 2.05) is 17.9 Å². The molecule has 0 spiro atoms. The zero-order valence-electron chi connectivity index (χ0n) is 10.4. The standard InChI is InChI=1S/C12H15N3O3/c1-3-14(6-7-18-2)11-5-4-10(9-13)12(8-11)15(16)17/h4-5,8H,3,6-7H2,1-2H3. The number of rotatable bonds is 6. The van der Waals surface area contributed by atoms with E-state index >= 15 is 0 Å². The van der Waals surface area contributed by atoms with E-state index in [0.29, 0.717) is 19.7 Å². The lowest BCUT2D eigenvalue weighted by molar-refractivity contribution is -0.385. The minimum absolute atomic E-state index is 0.0755.